The maximum atomic E-state index is 6.22. The summed E-state index contributed by atoms with van der Waals surface area (Å²) in [6.07, 6.45) is 3.59. The first-order chi connectivity index (χ1) is 13.1. The van der Waals surface area contributed by atoms with Crippen LogP contribution < -0.4 is 5.73 Å². The van der Waals surface area contributed by atoms with Crippen molar-refractivity contribution in [3.63, 3.8) is 0 Å². The molecular formula is C22H29N5. The smallest absolute Gasteiger partial charge is 0.157 e. The number of nitrogen functional groups attached to an aromatic ring is 1. The second-order valence-corrected chi connectivity index (χ2v) is 7.90. The van der Waals surface area contributed by atoms with Crippen LogP contribution in [0.25, 0.3) is 5.65 Å². The van der Waals surface area contributed by atoms with E-state index in [0.717, 1.165) is 30.1 Å². The SMILES string of the molecule is Cc1cc2nc([C@@H]3CCCN(CC[C@@H](C)c4ccccc4)C3)cc(N)n2n1. The quantitative estimate of drug-likeness (QED) is 0.744. The van der Waals surface area contributed by atoms with Crippen LogP contribution >= 0.6 is 0 Å². The molecule has 3 heterocycles. The lowest BCUT2D eigenvalue weighted by molar-refractivity contribution is 0.200. The molecule has 2 N–H and O–H groups in total. The van der Waals surface area contributed by atoms with Crippen molar-refractivity contribution < 1.29 is 0 Å². The summed E-state index contributed by atoms with van der Waals surface area (Å²) in [4.78, 5) is 7.45. The van der Waals surface area contributed by atoms with Gasteiger partial charge < -0.3 is 10.6 Å². The zero-order chi connectivity index (χ0) is 18.8. The number of fused-ring (bicyclic) bond motifs is 1. The lowest BCUT2D eigenvalue weighted by Gasteiger charge is -2.33. The number of aryl methyl sites for hydroxylation is 1. The summed E-state index contributed by atoms with van der Waals surface area (Å²) in [7, 11) is 0. The summed E-state index contributed by atoms with van der Waals surface area (Å²) >= 11 is 0. The molecule has 2 aromatic heterocycles. The van der Waals surface area contributed by atoms with E-state index in [9.17, 15) is 0 Å². The Bertz CT molecular complexity index is 902. The predicted molar refractivity (Wildman–Crippen MR) is 110 cm³/mol. The average Bonchev–Trinajstić information content (AvgIpc) is 3.08. The number of rotatable bonds is 5. The van der Waals surface area contributed by atoms with Crippen LogP contribution in [0.5, 0.6) is 0 Å². The van der Waals surface area contributed by atoms with Gasteiger partial charge in [0.25, 0.3) is 0 Å². The number of nitrogens with zero attached hydrogens (tertiary/aromatic N) is 4. The Morgan fingerprint density at radius 1 is 1.22 bits per heavy atom. The van der Waals surface area contributed by atoms with Crippen molar-refractivity contribution in [3.8, 4) is 0 Å². The summed E-state index contributed by atoms with van der Waals surface area (Å²) < 4.78 is 1.74. The van der Waals surface area contributed by atoms with Gasteiger partial charge in [0, 0.05) is 24.6 Å². The number of hydrogen-bond acceptors (Lipinski definition) is 4. The van der Waals surface area contributed by atoms with Crippen LogP contribution in [0.4, 0.5) is 5.82 Å². The van der Waals surface area contributed by atoms with Gasteiger partial charge in [-0.15, -0.1) is 0 Å². The van der Waals surface area contributed by atoms with Gasteiger partial charge in [0.05, 0.1) is 11.4 Å². The maximum Gasteiger partial charge on any atom is 0.157 e. The van der Waals surface area contributed by atoms with Gasteiger partial charge in [-0.1, -0.05) is 37.3 Å². The van der Waals surface area contributed by atoms with E-state index in [1.807, 2.05) is 19.1 Å². The highest BCUT2D eigenvalue weighted by Crippen LogP contribution is 2.28. The Morgan fingerprint density at radius 3 is 2.85 bits per heavy atom. The van der Waals surface area contributed by atoms with E-state index in [-0.39, 0.29) is 0 Å². The van der Waals surface area contributed by atoms with Crippen LogP contribution in [-0.4, -0.2) is 39.1 Å². The number of aromatic nitrogens is 3. The van der Waals surface area contributed by atoms with Crippen LogP contribution in [0.1, 0.15) is 55.0 Å². The van der Waals surface area contributed by atoms with Crippen molar-refractivity contribution in [2.75, 3.05) is 25.4 Å². The number of hydrogen-bond donors (Lipinski definition) is 1. The van der Waals surface area contributed by atoms with Gasteiger partial charge >= 0.3 is 0 Å². The third-order valence-electron chi connectivity index (χ3n) is 5.77. The molecule has 27 heavy (non-hydrogen) atoms. The van der Waals surface area contributed by atoms with E-state index >= 15 is 0 Å². The number of piperidine rings is 1. The van der Waals surface area contributed by atoms with Gasteiger partial charge in [-0.05, 0) is 50.8 Å². The molecule has 2 atom stereocenters. The molecule has 0 unspecified atom stereocenters. The number of nitrogens with two attached hydrogens (primary N) is 1. The standard InChI is InChI=1S/C22H29N5/c1-16(18-7-4-3-5-8-18)10-12-26-11-6-9-19(15-26)20-14-21(23)27-22(24-20)13-17(2)25-27/h3-5,7-8,13-14,16,19H,6,9-12,15,23H2,1-2H3/t16-,19-/m1/s1. The third-order valence-corrected chi connectivity index (χ3v) is 5.77. The van der Waals surface area contributed by atoms with E-state index in [0.29, 0.717) is 17.7 Å². The average molecular weight is 364 g/mol. The highest BCUT2D eigenvalue weighted by atomic mass is 15.3. The molecule has 0 bridgehead atoms. The molecule has 1 aliphatic rings. The minimum atomic E-state index is 0.452. The van der Waals surface area contributed by atoms with Crippen molar-refractivity contribution >= 4 is 11.5 Å². The second-order valence-electron chi connectivity index (χ2n) is 7.90. The van der Waals surface area contributed by atoms with Gasteiger partial charge in [0.15, 0.2) is 5.65 Å². The minimum Gasteiger partial charge on any atom is -0.384 e. The zero-order valence-electron chi connectivity index (χ0n) is 16.3. The molecule has 0 spiro atoms. The zero-order valence-corrected chi connectivity index (χ0v) is 16.3. The monoisotopic (exact) mass is 363 g/mol. The summed E-state index contributed by atoms with van der Waals surface area (Å²) in [5, 5.41) is 4.41. The molecule has 1 aliphatic heterocycles. The highest BCUT2D eigenvalue weighted by molar-refractivity contribution is 5.48. The van der Waals surface area contributed by atoms with Crippen LogP contribution in [0.3, 0.4) is 0 Å². The van der Waals surface area contributed by atoms with Gasteiger partial charge in [0.2, 0.25) is 0 Å². The summed E-state index contributed by atoms with van der Waals surface area (Å²) in [5.41, 5.74) is 10.6. The molecule has 4 rings (SSSR count). The molecule has 1 fully saturated rings. The molecule has 0 saturated carbocycles. The van der Waals surface area contributed by atoms with E-state index in [4.69, 9.17) is 10.7 Å². The van der Waals surface area contributed by atoms with Crippen LogP contribution in [0.15, 0.2) is 42.5 Å². The van der Waals surface area contributed by atoms with Gasteiger partial charge in [-0.25, -0.2) is 4.98 Å². The first-order valence-corrected chi connectivity index (χ1v) is 10.0. The Morgan fingerprint density at radius 2 is 2.04 bits per heavy atom. The van der Waals surface area contributed by atoms with E-state index < -0.39 is 0 Å². The lowest BCUT2D eigenvalue weighted by Crippen LogP contribution is -2.35. The Balaban J connectivity index is 1.42. The molecule has 142 valence electrons. The summed E-state index contributed by atoms with van der Waals surface area (Å²) in [6.45, 7) is 7.69. The second kappa shape index (κ2) is 7.69. The summed E-state index contributed by atoms with van der Waals surface area (Å²) in [6, 6.07) is 14.8. The molecule has 5 nitrogen and oxygen atoms in total. The minimum absolute atomic E-state index is 0.452. The van der Waals surface area contributed by atoms with Gasteiger partial charge in [-0.2, -0.15) is 9.61 Å². The Hall–Kier alpha value is -2.40. The molecule has 0 amide bonds. The molecule has 5 heteroatoms. The van der Waals surface area contributed by atoms with Gasteiger partial charge in [-0.3, -0.25) is 0 Å². The van der Waals surface area contributed by atoms with Crippen molar-refractivity contribution in [1.82, 2.24) is 19.5 Å². The van der Waals surface area contributed by atoms with Gasteiger partial charge in [0.1, 0.15) is 5.82 Å². The molecule has 0 radical (unpaired) electrons. The normalized spacial score (nSPS) is 19.4. The number of anilines is 1. The fraction of sp³-hybridized carbons (Fsp3) is 0.455. The van der Waals surface area contributed by atoms with Crippen molar-refractivity contribution in [1.29, 1.82) is 0 Å². The fourth-order valence-corrected chi connectivity index (χ4v) is 4.17. The first-order valence-electron chi connectivity index (χ1n) is 10.0. The summed E-state index contributed by atoms with van der Waals surface area (Å²) in [5.74, 6) is 1.72. The van der Waals surface area contributed by atoms with Crippen LogP contribution in [-0.2, 0) is 0 Å². The van der Waals surface area contributed by atoms with Crippen LogP contribution in [0, 0.1) is 6.92 Å². The highest BCUT2D eigenvalue weighted by Gasteiger charge is 2.23. The molecule has 3 aromatic rings. The molecule has 0 aliphatic carbocycles. The van der Waals surface area contributed by atoms with Crippen molar-refractivity contribution in [3.05, 3.63) is 59.4 Å². The topological polar surface area (TPSA) is 59.5 Å². The van der Waals surface area contributed by atoms with Crippen molar-refractivity contribution in [2.45, 2.75) is 44.9 Å². The number of benzene rings is 1. The first kappa shape index (κ1) is 18.0. The Kier molecular flexibility index (Phi) is 5.12. The molecule has 1 aromatic carbocycles. The number of likely N-dealkylation sites (tertiary alicyclic amines) is 1. The maximum absolute atomic E-state index is 6.22. The Labute approximate surface area is 161 Å². The fourth-order valence-electron chi connectivity index (χ4n) is 4.17. The molecular weight excluding hydrogens is 334 g/mol. The molecule has 1 saturated heterocycles. The third kappa shape index (κ3) is 3.98. The lowest BCUT2D eigenvalue weighted by atomic mass is 9.93. The van der Waals surface area contributed by atoms with E-state index in [1.54, 1.807) is 4.52 Å². The predicted octanol–water partition coefficient (Wildman–Crippen LogP) is 3.99. The van der Waals surface area contributed by atoms with E-state index in [1.165, 1.54) is 31.4 Å². The van der Waals surface area contributed by atoms with E-state index in [2.05, 4.69) is 47.3 Å². The largest absolute Gasteiger partial charge is 0.384 e. The van der Waals surface area contributed by atoms with Crippen molar-refractivity contribution in [2.24, 2.45) is 0 Å². The van der Waals surface area contributed by atoms with Crippen LogP contribution in [0.2, 0.25) is 0 Å².